The highest BCUT2D eigenvalue weighted by molar-refractivity contribution is 4.98. The molecule has 1 aromatic rings. The topological polar surface area (TPSA) is 47.3 Å². The second kappa shape index (κ2) is 5.19. The Kier molecular flexibility index (Phi) is 4.33. The Labute approximate surface area is 104 Å². The average molecular weight is 240 g/mol. The van der Waals surface area contributed by atoms with Gasteiger partial charge in [0, 0.05) is 19.1 Å². The molecule has 0 fully saturated rings. The highest BCUT2D eigenvalue weighted by atomic mass is 16.5. The van der Waals surface area contributed by atoms with Crippen LogP contribution in [-0.2, 0) is 17.7 Å². The number of methoxy groups -OCH3 is 1. The number of nitrogens with zero attached hydrogens (tertiary/aromatic N) is 1. The first-order chi connectivity index (χ1) is 7.72. The first-order valence-corrected chi connectivity index (χ1v) is 5.96. The summed E-state index contributed by atoms with van der Waals surface area (Å²) in [6, 6.07) is 0. The Balaban J connectivity index is 2.54. The van der Waals surface area contributed by atoms with E-state index in [0.717, 1.165) is 18.1 Å². The van der Waals surface area contributed by atoms with E-state index in [-0.39, 0.29) is 11.1 Å². The van der Waals surface area contributed by atoms with E-state index >= 15 is 0 Å². The molecular formula is C13H24N2O2. The molecule has 4 heteroatoms. The van der Waals surface area contributed by atoms with Crippen molar-refractivity contribution in [3.8, 4) is 0 Å². The molecule has 1 rings (SSSR count). The number of hydrogen-bond acceptors (Lipinski definition) is 4. The zero-order valence-electron chi connectivity index (χ0n) is 11.8. The van der Waals surface area contributed by atoms with Crippen LogP contribution in [0.2, 0.25) is 0 Å². The molecule has 0 aliphatic carbocycles. The van der Waals surface area contributed by atoms with E-state index < -0.39 is 0 Å². The summed E-state index contributed by atoms with van der Waals surface area (Å²) >= 11 is 0. The number of ether oxygens (including phenoxy) is 1. The monoisotopic (exact) mass is 240 g/mol. The number of hydrogen-bond donors (Lipinski definition) is 1. The lowest BCUT2D eigenvalue weighted by molar-refractivity contribution is 0.0189. The van der Waals surface area contributed by atoms with Crippen LogP contribution in [0.25, 0.3) is 0 Å². The van der Waals surface area contributed by atoms with Gasteiger partial charge in [0.1, 0.15) is 5.76 Å². The van der Waals surface area contributed by atoms with Crippen molar-refractivity contribution < 1.29 is 9.15 Å². The molecule has 0 bridgehead atoms. The third-order valence-corrected chi connectivity index (χ3v) is 2.52. The summed E-state index contributed by atoms with van der Waals surface area (Å²) in [6.45, 7) is 11.1. The van der Waals surface area contributed by atoms with Crippen molar-refractivity contribution in [1.82, 2.24) is 10.3 Å². The van der Waals surface area contributed by atoms with Gasteiger partial charge in [-0.2, -0.15) is 0 Å². The van der Waals surface area contributed by atoms with E-state index in [0.29, 0.717) is 6.54 Å². The molecule has 0 aliphatic heterocycles. The molecule has 0 unspecified atom stereocenters. The van der Waals surface area contributed by atoms with Gasteiger partial charge in [-0.1, -0.05) is 0 Å². The van der Waals surface area contributed by atoms with Gasteiger partial charge in [-0.25, -0.2) is 4.98 Å². The summed E-state index contributed by atoms with van der Waals surface area (Å²) in [5, 5.41) is 3.34. The second-order valence-corrected chi connectivity index (χ2v) is 5.96. The summed E-state index contributed by atoms with van der Waals surface area (Å²) in [5.41, 5.74) is -0.144. The third kappa shape index (κ3) is 5.33. The molecule has 1 heterocycles. The zero-order chi connectivity index (χ0) is 13.1. The lowest BCUT2D eigenvalue weighted by Crippen LogP contribution is -2.35. The van der Waals surface area contributed by atoms with E-state index in [2.05, 4.69) is 31.1 Å². The first kappa shape index (κ1) is 14.2. The van der Waals surface area contributed by atoms with Crippen molar-refractivity contribution in [2.45, 2.75) is 58.7 Å². The van der Waals surface area contributed by atoms with Gasteiger partial charge in [0.25, 0.3) is 0 Å². The van der Waals surface area contributed by atoms with Gasteiger partial charge in [0.2, 0.25) is 5.89 Å². The fourth-order valence-corrected chi connectivity index (χ4v) is 1.34. The summed E-state index contributed by atoms with van der Waals surface area (Å²) in [4.78, 5) is 4.25. The van der Waals surface area contributed by atoms with Gasteiger partial charge in [-0.15, -0.1) is 0 Å². The Bertz CT molecular complexity index is 351. The minimum atomic E-state index is -0.214. The summed E-state index contributed by atoms with van der Waals surface area (Å²) in [7, 11) is 1.71. The molecule has 0 spiro atoms. The Hall–Kier alpha value is -0.870. The molecule has 17 heavy (non-hydrogen) atoms. The smallest absolute Gasteiger partial charge is 0.208 e. The molecule has 1 N–H and O–H groups in total. The van der Waals surface area contributed by atoms with Gasteiger partial charge in [0.15, 0.2) is 0 Å². The number of oxazole rings is 1. The maximum Gasteiger partial charge on any atom is 0.208 e. The molecular weight excluding hydrogens is 216 g/mol. The molecule has 4 nitrogen and oxygen atoms in total. The quantitative estimate of drug-likeness (QED) is 0.859. The van der Waals surface area contributed by atoms with Crippen molar-refractivity contribution in [2.75, 3.05) is 7.11 Å². The van der Waals surface area contributed by atoms with Crippen LogP contribution in [0.5, 0.6) is 0 Å². The maximum atomic E-state index is 5.66. The van der Waals surface area contributed by atoms with E-state index in [1.54, 1.807) is 13.3 Å². The van der Waals surface area contributed by atoms with Crippen LogP contribution in [0.3, 0.4) is 0 Å². The zero-order valence-corrected chi connectivity index (χ0v) is 11.8. The number of nitrogens with one attached hydrogen (secondary N) is 1. The molecule has 98 valence electrons. The van der Waals surface area contributed by atoms with Crippen LogP contribution >= 0.6 is 0 Å². The van der Waals surface area contributed by atoms with Crippen LogP contribution in [0, 0.1) is 0 Å². The maximum absolute atomic E-state index is 5.66. The van der Waals surface area contributed by atoms with Crippen molar-refractivity contribution in [3.63, 3.8) is 0 Å². The number of rotatable bonds is 5. The van der Waals surface area contributed by atoms with Crippen LogP contribution in [0.15, 0.2) is 10.6 Å². The van der Waals surface area contributed by atoms with Crippen LogP contribution in [0.1, 0.15) is 46.3 Å². The van der Waals surface area contributed by atoms with E-state index in [1.807, 2.05) is 13.8 Å². The predicted octanol–water partition coefficient (Wildman–Crippen LogP) is 2.53. The van der Waals surface area contributed by atoms with Crippen LogP contribution in [0.4, 0.5) is 0 Å². The summed E-state index contributed by atoms with van der Waals surface area (Å²) < 4.78 is 11.0. The molecule has 1 aromatic heterocycles. The minimum Gasteiger partial charge on any atom is -0.444 e. The fourth-order valence-electron chi connectivity index (χ4n) is 1.34. The van der Waals surface area contributed by atoms with Gasteiger partial charge >= 0.3 is 0 Å². The minimum absolute atomic E-state index is 0.0699. The molecule has 0 aliphatic rings. The predicted molar refractivity (Wildman–Crippen MR) is 67.9 cm³/mol. The van der Waals surface area contributed by atoms with Crippen molar-refractivity contribution >= 4 is 0 Å². The van der Waals surface area contributed by atoms with Gasteiger partial charge in [0.05, 0.1) is 18.3 Å². The third-order valence-electron chi connectivity index (χ3n) is 2.52. The van der Waals surface area contributed by atoms with Crippen LogP contribution < -0.4 is 5.32 Å². The van der Waals surface area contributed by atoms with Gasteiger partial charge < -0.3 is 14.5 Å². The lowest BCUT2D eigenvalue weighted by atomic mass is 10.0. The molecule has 0 radical (unpaired) electrons. The van der Waals surface area contributed by atoms with Gasteiger partial charge in [-0.05, 0) is 34.6 Å². The first-order valence-electron chi connectivity index (χ1n) is 5.96. The fraction of sp³-hybridized carbons (Fsp3) is 0.769. The lowest BCUT2D eigenvalue weighted by Gasteiger charge is -2.21. The second-order valence-electron chi connectivity index (χ2n) is 5.96. The number of aromatic nitrogens is 1. The van der Waals surface area contributed by atoms with Crippen LogP contribution in [-0.4, -0.2) is 23.2 Å². The van der Waals surface area contributed by atoms with Crippen molar-refractivity contribution in [2.24, 2.45) is 0 Å². The summed E-state index contributed by atoms with van der Waals surface area (Å²) in [6.07, 6.45) is 2.51. The normalized spacial score (nSPS) is 13.1. The largest absolute Gasteiger partial charge is 0.444 e. The Morgan fingerprint density at radius 1 is 1.29 bits per heavy atom. The Morgan fingerprint density at radius 2 is 1.94 bits per heavy atom. The highest BCUT2D eigenvalue weighted by Gasteiger charge is 2.20. The van der Waals surface area contributed by atoms with E-state index in [4.69, 9.17) is 9.15 Å². The molecule has 0 aromatic carbocycles. The highest BCUT2D eigenvalue weighted by Crippen LogP contribution is 2.17. The molecule has 0 saturated carbocycles. The van der Waals surface area contributed by atoms with E-state index in [1.165, 1.54) is 0 Å². The molecule has 0 atom stereocenters. The average Bonchev–Trinajstić information content (AvgIpc) is 2.61. The SMILES string of the molecule is COC(C)(C)Cc1cnc(CNC(C)(C)C)o1. The standard InChI is InChI=1S/C13H24N2O2/c1-12(2,3)15-9-11-14-8-10(17-11)7-13(4,5)16-6/h8,15H,7,9H2,1-6H3. The van der Waals surface area contributed by atoms with Gasteiger partial charge in [-0.3, -0.25) is 0 Å². The Morgan fingerprint density at radius 3 is 2.47 bits per heavy atom. The molecule has 0 saturated heterocycles. The van der Waals surface area contributed by atoms with E-state index in [9.17, 15) is 0 Å². The van der Waals surface area contributed by atoms with Crippen molar-refractivity contribution in [3.05, 3.63) is 17.8 Å². The molecule has 0 amide bonds. The summed E-state index contributed by atoms with van der Waals surface area (Å²) in [5.74, 6) is 1.59. The van der Waals surface area contributed by atoms with Crippen molar-refractivity contribution in [1.29, 1.82) is 0 Å².